The molecular weight excluding hydrogens is 301 g/mol. The number of nitrogens with zero attached hydrogens (tertiary/aromatic N) is 2. The van der Waals surface area contributed by atoms with Crippen molar-refractivity contribution in [1.29, 1.82) is 0 Å². The Labute approximate surface area is 135 Å². The van der Waals surface area contributed by atoms with E-state index in [2.05, 4.69) is 5.32 Å². The summed E-state index contributed by atoms with van der Waals surface area (Å²) in [6.45, 7) is 6.23. The van der Waals surface area contributed by atoms with Crippen molar-refractivity contribution in [2.45, 2.75) is 19.9 Å². The average Bonchev–Trinajstić information content (AvgIpc) is 2.56. The van der Waals surface area contributed by atoms with E-state index >= 15 is 0 Å². The number of hydrogen-bond donors (Lipinski definition) is 1. The van der Waals surface area contributed by atoms with Gasteiger partial charge in [-0.2, -0.15) is 0 Å². The Hall–Kier alpha value is -2.15. The summed E-state index contributed by atoms with van der Waals surface area (Å²) < 4.78 is 17.8. The number of hydrogen-bond acceptors (Lipinski definition) is 4. The van der Waals surface area contributed by atoms with Gasteiger partial charge in [-0.15, -0.1) is 0 Å². The molecule has 0 aliphatic carbocycles. The van der Waals surface area contributed by atoms with Crippen LogP contribution in [0.3, 0.4) is 0 Å². The number of ether oxygens (including phenoxy) is 1. The third-order valence-corrected chi connectivity index (χ3v) is 3.88. The molecule has 0 bridgehead atoms. The van der Waals surface area contributed by atoms with Crippen molar-refractivity contribution >= 4 is 17.7 Å². The summed E-state index contributed by atoms with van der Waals surface area (Å²) in [6, 6.07) is 5.33. The Morgan fingerprint density at radius 3 is 2.39 bits per heavy atom. The zero-order chi connectivity index (χ0) is 16.8. The fourth-order valence-corrected chi connectivity index (χ4v) is 2.45. The molecule has 7 heteroatoms. The van der Waals surface area contributed by atoms with E-state index in [1.165, 1.54) is 24.3 Å². The molecule has 23 heavy (non-hydrogen) atoms. The Bertz CT molecular complexity index is 542. The zero-order valence-electron chi connectivity index (χ0n) is 13.4. The molecule has 6 nitrogen and oxygen atoms in total. The average molecular weight is 323 g/mol. The molecule has 2 rings (SSSR count). The lowest BCUT2D eigenvalue weighted by atomic mass is 10.2. The van der Waals surface area contributed by atoms with Crippen LogP contribution in [0.2, 0.25) is 0 Å². The van der Waals surface area contributed by atoms with Gasteiger partial charge in [-0.3, -0.25) is 9.69 Å². The van der Waals surface area contributed by atoms with Gasteiger partial charge >= 0.3 is 6.09 Å². The summed E-state index contributed by atoms with van der Waals surface area (Å²) in [5.74, 6) is -0.493. The van der Waals surface area contributed by atoms with Crippen LogP contribution in [0.1, 0.15) is 13.8 Å². The minimum Gasteiger partial charge on any atom is -0.450 e. The number of rotatable bonds is 4. The van der Waals surface area contributed by atoms with Crippen LogP contribution in [0.5, 0.6) is 0 Å². The molecule has 1 heterocycles. The summed E-state index contributed by atoms with van der Waals surface area (Å²) in [6.07, 6.45) is -0.310. The molecule has 2 amide bonds. The van der Waals surface area contributed by atoms with Crippen LogP contribution >= 0.6 is 0 Å². The third-order valence-electron chi connectivity index (χ3n) is 3.88. The molecule has 1 saturated heterocycles. The van der Waals surface area contributed by atoms with E-state index in [9.17, 15) is 14.0 Å². The number of carbonyl (C=O) groups is 2. The fourth-order valence-electron chi connectivity index (χ4n) is 2.45. The minimum atomic E-state index is -0.342. The predicted molar refractivity (Wildman–Crippen MR) is 84.7 cm³/mol. The van der Waals surface area contributed by atoms with Crippen LogP contribution < -0.4 is 5.32 Å². The lowest BCUT2D eigenvalue weighted by Crippen LogP contribution is -2.54. The van der Waals surface area contributed by atoms with Crippen molar-refractivity contribution in [2.75, 3.05) is 38.1 Å². The molecule has 1 fully saturated rings. The first kappa shape index (κ1) is 17.2. The summed E-state index contributed by atoms with van der Waals surface area (Å²) in [5.41, 5.74) is 0.563. The number of nitrogens with one attached hydrogen (secondary N) is 1. The van der Waals surface area contributed by atoms with Crippen molar-refractivity contribution in [2.24, 2.45) is 0 Å². The van der Waals surface area contributed by atoms with Crippen molar-refractivity contribution in [3.05, 3.63) is 30.1 Å². The maximum absolute atomic E-state index is 12.9. The van der Waals surface area contributed by atoms with Crippen LogP contribution in [-0.2, 0) is 9.53 Å². The number of amides is 2. The van der Waals surface area contributed by atoms with Gasteiger partial charge in [0.2, 0.25) is 5.91 Å². The highest BCUT2D eigenvalue weighted by molar-refractivity contribution is 5.94. The zero-order valence-corrected chi connectivity index (χ0v) is 13.4. The third kappa shape index (κ3) is 4.66. The molecule has 0 radical (unpaired) electrons. The molecule has 126 valence electrons. The molecular formula is C16H22FN3O3. The second-order valence-corrected chi connectivity index (χ2v) is 5.39. The van der Waals surface area contributed by atoms with E-state index in [0.717, 1.165) is 0 Å². The number of benzene rings is 1. The maximum atomic E-state index is 12.9. The van der Waals surface area contributed by atoms with E-state index in [0.29, 0.717) is 38.5 Å². The Morgan fingerprint density at radius 1 is 1.22 bits per heavy atom. The van der Waals surface area contributed by atoms with E-state index in [-0.39, 0.29) is 23.9 Å². The van der Waals surface area contributed by atoms with Gasteiger partial charge in [0.25, 0.3) is 0 Å². The van der Waals surface area contributed by atoms with Gasteiger partial charge in [-0.1, -0.05) is 0 Å². The van der Waals surface area contributed by atoms with Crippen LogP contribution in [-0.4, -0.2) is 60.6 Å². The van der Waals surface area contributed by atoms with Gasteiger partial charge in [0.15, 0.2) is 0 Å². The Morgan fingerprint density at radius 2 is 1.83 bits per heavy atom. The Kier molecular flexibility index (Phi) is 5.92. The van der Waals surface area contributed by atoms with Gasteiger partial charge in [-0.05, 0) is 38.1 Å². The van der Waals surface area contributed by atoms with E-state index in [1.54, 1.807) is 11.8 Å². The van der Waals surface area contributed by atoms with Crippen LogP contribution in [0.15, 0.2) is 24.3 Å². The predicted octanol–water partition coefficient (Wildman–Crippen LogP) is 1.93. The lowest BCUT2D eigenvalue weighted by molar-refractivity contribution is -0.121. The summed E-state index contributed by atoms with van der Waals surface area (Å²) in [5, 5.41) is 2.77. The molecule has 1 aromatic carbocycles. The van der Waals surface area contributed by atoms with Crippen molar-refractivity contribution < 1.29 is 18.7 Å². The first-order valence-corrected chi connectivity index (χ1v) is 7.73. The number of carbonyl (C=O) groups excluding carboxylic acids is 2. The minimum absolute atomic E-state index is 0.152. The van der Waals surface area contributed by atoms with E-state index in [1.807, 2.05) is 11.8 Å². The quantitative estimate of drug-likeness (QED) is 0.920. The SMILES string of the molecule is CCOC(=O)N1CCN(C(C)C(=O)Nc2ccc(F)cc2)CC1. The van der Waals surface area contributed by atoms with Crippen molar-refractivity contribution in [3.8, 4) is 0 Å². The van der Waals surface area contributed by atoms with Gasteiger partial charge in [0.1, 0.15) is 5.82 Å². The number of halogens is 1. The maximum Gasteiger partial charge on any atom is 0.409 e. The second kappa shape index (κ2) is 7.92. The van der Waals surface area contributed by atoms with Crippen LogP contribution in [0.4, 0.5) is 14.9 Å². The topological polar surface area (TPSA) is 61.9 Å². The Balaban J connectivity index is 1.84. The van der Waals surface area contributed by atoms with Crippen molar-refractivity contribution in [1.82, 2.24) is 9.80 Å². The van der Waals surface area contributed by atoms with Gasteiger partial charge in [-0.25, -0.2) is 9.18 Å². The molecule has 1 atom stereocenters. The summed E-state index contributed by atoms with van der Waals surface area (Å²) in [4.78, 5) is 27.6. The standard InChI is InChI=1S/C16H22FN3O3/c1-3-23-16(22)20-10-8-19(9-11-20)12(2)15(21)18-14-6-4-13(17)5-7-14/h4-7,12H,3,8-11H2,1-2H3,(H,18,21). The largest absolute Gasteiger partial charge is 0.450 e. The first-order chi connectivity index (χ1) is 11.0. The fraction of sp³-hybridized carbons (Fsp3) is 0.500. The molecule has 1 aromatic rings. The number of anilines is 1. The normalized spacial score (nSPS) is 16.7. The summed E-state index contributed by atoms with van der Waals surface area (Å²) in [7, 11) is 0. The highest BCUT2D eigenvalue weighted by atomic mass is 19.1. The monoisotopic (exact) mass is 323 g/mol. The number of piperazine rings is 1. The van der Waals surface area contributed by atoms with E-state index in [4.69, 9.17) is 4.74 Å². The van der Waals surface area contributed by atoms with Crippen molar-refractivity contribution in [3.63, 3.8) is 0 Å². The smallest absolute Gasteiger partial charge is 0.409 e. The highest BCUT2D eigenvalue weighted by Gasteiger charge is 2.27. The first-order valence-electron chi connectivity index (χ1n) is 7.73. The van der Waals surface area contributed by atoms with Crippen LogP contribution in [0, 0.1) is 5.82 Å². The molecule has 1 N–H and O–H groups in total. The molecule has 1 aliphatic rings. The van der Waals surface area contributed by atoms with Crippen LogP contribution in [0.25, 0.3) is 0 Å². The second-order valence-electron chi connectivity index (χ2n) is 5.39. The van der Waals surface area contributed by atoms with Gasteiger partial charge < -0.3 is 15.0 Å². The molecule has 1 unspecified atom stereocenters. The van der Waals surface area contributed by atoms with Gasteiger partial charge in [0, 0.05) is 31.9 Å². The lowest BCUT2D eigenvalue weighted by Gasteiger charge is -2.36. The summed E-state index contributed by atoms with van der Waals surface area (Å²) >= 11 is 0. The van der Waals surface area contributed by atoms with Gasteiger partial charge in [0.05, 0.1) is 12.6 Å². The molecule has 0 aromatic heterocycles. The molecule has 0 saturated carbocycles. The van der Waals surface area contributed by atoms with E-state index < -0.39 is 0 Å². The molecule has 0 spiro atoms. The highest BCUT2D eigenvalue weighted by Crippen LogP contribution is 2.12. The molecule has 1 aliphatic heterocycles.